The number of pyridine rings is 1. The molecule has 0 radical (unpaired) electrons. The minimum absolute atomic E-state index is 0.321. The van der Waals surface area contributed by atoms with Crippen molar-refractivity contribution in [2.45, 2.75) is 19.0 Å². The van der Waals surface area contributed by atoms with Gasteiger partial charge in [-0.3, -0.25) is 9.71 Å². The van der Waals surface area contributed by atoms with Gasteiger partial charge < -0.3 is 14.6 Å². The number of hydrogen-bond donors (Lipinski definition) is 2. The second-order valence-electron chi connectivity index (χ2n) is 8.70. The molecule has 0 spiro atoms. The molecule has 37 heavy (non-hydrogen) atoms. The monoisotopic (exact) mass is 600 g/mol. The van der Waals surface area contributed by atoms with Gasteiger partial charge in [0.2, 0.25) is 10.0 Å². The Hall–Kier alpha value is -3.28. The first kappa shape index (κ1) is 25.4. The lowest BCUT2D eigenvalue weighted by atomic mass is 10.0. The number of rotatable bonds is 6. The van der Waals surface area contributed by atoms with Crippen LogP contribution in [0.1, 0.15) is 29.1 Å². The van der Waals surface area contributed by atoms with Crippen LogP contribution in [0.25, 0.3) is 11.3 Å². The van der Waals surface area contributed by atoms with Crippen LogP contribution in [0.5, 0.6) is 0 Å². The molecule has 190 valence electrons. The Bertz CT molecular complexity index is 1590. The Morgan fingerprint density at radius 2 is 1.95 bits per heavy atom. The summed E-state index contributed by atoms with van der Waals surface area (Å²) < 4.78 is 46.6. The molecule has 0 bridgehead atoms. The summed E-state index contributed by atoms with van der Waals surface area (Å²) in [5, 5.41) is 3.85. The first-order chi connectivity index (χ1) is 17.6. The Kier molecular flexibility index (Phi) is 6.78. The maximum absolute atomic E-state index is 13.7. The van der Waals surface area contributed by atoms with Gasteiger partial charge in [0, 0.05) is 21.9 Å². The Morgan fingerprint density at radius 3 is 2.62 bits per heavy atom. The maximum atomic E-state index is 13.7. The summed E-state index contributed by atoms with van der Waals surface area (Å²) in [6, 6.07) is 18.5. The van der Waals surface area contributed by atoms with Crippen LogP contribution in [0.3, 0.4) is 0 Å². The van der Waals surface area contributed by atoms with Crippen molar-refractivity contribution in [3.8, 4) is 11.3 Å². The number of benzene rings is 2. The number of aromatic nitrogens is 1. The van der Waals surface area contributed by atoms with E-state index in [-0.39, 0.29) is 11.9 Å². The van der Waals surface area contributed by atoms with Crippen LogP contribution < -0.4 is 14.9 Å². The molecule has 2 N–H and O–H groups in total. The van der Waals surface area contributed by atoms with Gasteiger partial charge in [-0.05, 0) is 101 Å². The quantitative estimate of drug-likeness (QED) is 0.258. The number of nitrogens with zero attached hydrogens (tertiary/aromatic N) is 2. The summed E-state index contributed by atoms with van der Waals surface area (Å²) >= 11 is 9.18. The molecule has 2 aromatic carbocycles. The van der Waals surface area contributed by atoms with Crippen molar-refractivity contribution in [2.24, 2.45) is 0 Å². The summed E-state index contributed by atoms with van der Waals surface area (Å²) in [5.41, 5.74) is 3.49. The molecule has 2 aromatic heterocycles. The van der Waals surface area contributed by atoms with Gasteiger partial charge in [-0.25, -0.2) is 12.8 Å². The second-order valence-corrected chi connectivity index (χ2v) is 11.7. The zero-order valence-corrected chi connectivity index (χ0v) is 23.0. The highest BCUT2D eigenvalue weighted by Gasteiger charge is 2.42. The van der Waals surface area contributed by atoms with E-state index in [9.17, 15) is 12.8 Å². The highest BCUT2D eigenvalue weighted by Crippen LogP contribution is 2.44. The molecule has 11 heteroatoms. The topological polar surface area (TPSA) is 87.5 Å². The molecule has 1 aliphatic rings. The van der Waals surface area contributed by atoms with E-state index in [4.69, 9.17) is 16.6 Å². The smallest absolute Gasteiger partial charge is 0.229 e. The molecule has 1 fully saturated rings. The highest BCUT2D eigenvalue weighted by molar-refractivity contribution is 9.10. The first-order valence-electron chi connectivity index (χ1n) is 11.2. The van der Waals surface area contributed by atoms with Crippen molar-refractivity contribution in [3.63, 3.8) is 0 Å². The molecule has 3 heterocycles. The largest absolute Gasteiger partial charge is 0.459 e. The average Bonchev–Trinajstić information content (AvgIpc) is 3.45. The lowest BCUT2D eigenvalue weighted by Crippen LogP contribution is -2.29. The standard InChI is InChI=1S/C26H22BrFN4O3S2/c1-15-13-17(7-9-20(15)31-37(2,33)34)32-25(24(30-26(32)36)21-5-3-4-12-29-21)23-11-10-22(35-23)18-8-6-16(28)14-19(18)27/h3-14,24-25,31H,1-2H3,(H,30,36). The summed E-state index contributed by atoms with van der Waals surface area (Å²) in [6.45, 7) is 1.83. The molecule has 0 aliphatic carbocycles. The number of halogens is 2. The second kappa shape index (κ2) is 9.88. The summed E-state index contributed by atoms with van der Waals surface area (Å²) in [7, 11) is -3.42. The van der Waals surface area contributed by atoms with Crippen molar-refractivity contribution in [1.29, 1.82) is 0 Å². The predicted octanol–water partition coefficient (Wildman–Crippen LogP) is 6.10. The Balaban J connectivity index is 1.59. The molecule has 2 unspecified atom stereocenters. The molecule has 4 aromatic rings. The van der Waals surface area contributed by atoms with Crippen molar-refractivity contribution < 1.29 is 17.2 Å². The zero-order chi connectivity index (χ0) is 26.3. The SMILES string of the molecule is Cc1cc(N2C(=S)NC(c3ccccn3)C2c2ccc(-c3ccc(F)cc3Br)o2)ccc1NS(C)(=O)=O. The van der Waals surface area contributed by atoms with E-state index < -0.39 is 16.1 Å². The molecule has 1 aliphatic heterocycles. The fourth-order valence-electron chi connectivity index (χ4n) is 4.38. The van der Waals surface area contributed by atoms with Crippen LogP contribution in [0.15, 0.2) is 81.8 Å². The van der Waals surface area contributed by atoms with E-state index in [1.54, 1.807) is 18.3 Å². The molecule has 7 nitrogen and oxygen atoms in total. The average molecular weight is 602 g/mol. The van der Waals surface area contributed by atoms with E-state index in [2.05, 4.69) is 31.0 Å². The van der Waals surface area contributed by atoms with E-state index >= 15 is 0 Å². The third kappa shape index (κ3) is 5.25. The van der Waals surface area contributed by atoms with E-state index in [0.29, 0.717) is 32.4 Å². The van der Waals surface area contributed by atoms with Crippen LogP contribution in [0, 0.1) is 12.7 Å². The fourth-order valence-corrected chi connectivity index (χ4v) is 5.90. The molecule has 1 saturated heterocycles. The Morgan fingerprint density at radius 1 is 1.14 bits per heavy atom. The predicted molar refractivity (Wildman–Crippen MR) is 149 cm³/mol. The number of anilines is 2. The van der Waals surface area contributed by atoms with Crippen LogP contribution in [-0.4, -0.2) is 24.8 Å². The highest BCUT2D eigenvalue weighted by atomic mass is 79.9. The van der Waals surface area contributed by atoms with E-state index in [1.165, 1.54) is 12.1 Å². The summed E-state index contributed by atoms with van der Waals surface area (Å²) in [4.78, 5) is 6.48. The number of furan rings is 1. The van der Waals surface area contributed by atoms with Gasteiger partial charge in [0.1, 0.15) is 23.4 Å². The number of nitrogens with one attached hydrogen (secondary N) is 2. The van der Waals surface area contributed by atoms with Gasteiger partial charge in [-0.2, -0.15) is 0 Å². The van der Waals surface area contributed by atoms with Gasteiger partial charge >= 0.3 is 0 Å². The lowest BCUT2D eigenvalue weighted by Gasteiger charge is -2.26. The first-order valence-corrected chi connectivity index (χ1v) is 14.3. The number of sulfonamides is 1. The number of aryl methyl sites for hydroxylation is 1. The molecular weight excluding hydrogens is 579 g/mol. The van der Waals surface area contributed by atoms with Crippen LogP contribution in [-0.2, 0) is 10.0 Å². The van der Waals surface area contributed by atoms with Crippen molar-refractivity contribution in [3.05, 3.63) is 100 Å². The van der Waals surface area contributed by atoms with Crippen LogP contribution in [0.4, 0.5) is 15.8 Å². The van der Waals surface area contributed by atoms with Gasteiger partial charge in [-0.1, -0.05) is 6.07 Å². The molecule has 0 amide bonds. The van der Waals surface area contributed by atoms with Gasteiger partial charge in [0.25, 0.3) is 0 Å². The number of hydrogen-bond acceptors (Lipinski definition) is 5. The normalized spacial score (nSPS) is 17.6. The zero-order valence-electron chi connectivity index (χ0n) is 19.8. The minimum atomic E-state index is -3.42. The lowest BCUT2D eigenvalue weighted by molar-refractivity contribution is 0.439. The van der Waals surface area contributed by atoms with Crippen LogP contribution in [0.2, 0.25) is 0 Å². The minimum Gasteiger partial charge on any atom is -0.459 e. The van der Waals surface area contributed by atoms with Gasteiger partial charge in [-0.15, -0.1) is 0 Å². The fraction of sp³-hybridized carbons (Fsp3) is 0.154. The summed E-state index contributed by atoms with van der Waals surface area (Å²) in [5.74, 6) is 0.854. The van der Waals surface area contributed by atoms with Crippen molar-refractivity contribution in [2.75, 3.05) is 15.9 Å². The maximum Gasteiger partial charge on any atom is 0.229 e. The molecular formula is C26H22BrFN4O3S2. The third-order valence-corrected chi connectivity index (χ3v) is 7.56. The molecule has 0 saturated carbocycles. The number of thiocarbonyl (C=S) groups is 1. The van der Waals surface area contributed by atoms with E-state index in [0.717, 1.165) is 23.2 Å². The molecule has 2 atom stereocenters. The van der Waals surface area contributed by atoms with Crippen molar-refractivity contribution >= 4 is 54.7 Å². The van der Waals surface area contributed by atoms with Crippen molar-refractivity contribution in [1.82, 2.24) is 10.3 Å². The van der Waals surface area contributed by atoms with E-state index in [1.807, 2.05) is 54.3 Å². The summed E-state index contributed by atoms with van der Waals surface area (Å²) in [6.07, 6.45) is 2.83. The third-order valence-electron chi connectivity index (χ3n) is 6.00. The van der Waals surface area contributed by atoms with Gasteiger partial charge in [0.15, 0.2) is 5.11 Å². The molecule has 5 rings (SSSR count). The Labute approximate surface area is 227 Å². The van der Waals surface area contributed by atoms with Gasteiger partial charge in [0.05, 0.1) is 23.7 Å². The van der Waals surface area contributed by atoms with Crippen LogP contribution >= 0.6 is 28.1 Å².